The van der Waals surface area contributed by atoms with Crippen molar-refractivity contribution in [1.29, 1.82) is 0 Å². The molecule has 0 N–H and O–H groups in total. The van der Waals surface area contributed by atoms with Gasteiger partial charge < -0.3 is 14.2 Å². The number of carbonyl (C=O) groups is 1. The first kappa shape index (κ1) is 16.4. The van der Waals surface area contributed by atoms with Crippen LogP contribution in [0.1, 0.15) is 44.4 Å². The third-order valence-electron chi connectivity index (χ3n) is 4.21. The molecule has 3 rings (SSSR count). The Balaban J connectivity index is 1.54. The van der Waals surface area contributed by atoms with Crippen molar-refractivity contribution in [2.45, 2.75) is 38.5 Å². The number of aromatic nitrogens is 3. The van der Waals surface area contributed by atoms with Crippen LogP contribution in [0.2, 0.25) is 0 Å². The molecule has 0 bridgehead atoms. The van der Waals surface area contributed by atoms with Gasteiger partial charge in [-0.3, -0.25) is 4.98 Å². The van der Waals surface area contributed by atoms with Crippen LogP contribution in [0.3, 0.4) is 0 Å². The van der Waals surface area contributed by atoms with Gasteiger partial charge in [-0.15, -0.1) is 0 Å². The fraction of sp³-hybridized carbons (Fsp3) is 0.529. The molecule has 2 aromatic rings. The van der Waals surface area contributed by atoms with Crippen molar-refractivity contribution < 1.29 is 14.1 Å². The van der Waals surface area contributed by atoms with E-state index in [1.165, 1.54) is 0 Å². The fourth-order valence-electron chi connectivity index (χ4n) is 2.72. The van der Waals surface area contributed by atoms with Crippen molar-refractivity contribution in [3.63, 3.8) is 0 Å². The Kier molecular flexibility index (Phi) is 5.40. The summed E-state index contributed by atoms with van der Waals surface area (Å²) in [5.74, 6) is 1.40. The topological polar surface area (TPSA) is 81.4 Å². The molecule has 0 saturated carbocycles. The van der Waals surface area contributed by atoms with Crippen LogP contribution in [0.4, 0.5) is 4.79 Å². The molecular weight excluding hydrogens is 308 g/mol. The van der Waals surface area contributed by atoms with E-state index >= 15 is 0 Å². The molecule has 0 spiro atoms. The fourth-order valence-corrected chi connectivity index (χ4v) is 2.72. The molecule has 0 atom stereocenters. The Hall–Kier alpha value is -2.44. The lowest BCUT2D eigenvalue weighted by molar-refractivity contribution is 0.0896. The van der Waals surface area contributed by atoms with E-state index in [9.17, 15) is 4.79 Å². The largest absolute Gasteiger partial charge is 0.449 e. The van der Waals surface area contributed by atoms with Gasteiger partial charge in [0.25, 0.3) is 0 Å². The van der Waals surface area contributed by atoms with E-state index in [0.717, 1.165) is 31.2 Å². The first-order chi connectivity index (χ1) is 11.8. The number of ether oxygens (including phenoxy) is 1. The Bertz CT molecular complexity index is 651. The van der Waals surface area contributed by atoms with Crippen LogP contribution in [-0.2, 0) is 4.74 Å². The first-order valence-electron chi connectivity index (χ1n) is 8.43. The molecule has 1 amide bonds. The summed E-state index contributed by atoms with van der Waals surface area (Å²) in [6.45, 7) is 3.88. The van der Waals surface area contributed by atoms with E-state index in [1.807, 2.05) is 12.1 Å². The maximum Gasteiger partial charge on any atom is 0.409 e. The van der Waals surface area contributed by atoms with Crippen molar-refractivity contribution in [2.75, 3.05) is 19.7 Å². The summed E-state index contributed by atoms with van der Waals surface area (Å²) >= 11 is 0. The highest BCUT2D eigenvalue weighted by atomic mass is 16.6. The van der Waals surface area contributed by atoms with Gasteiger partial charge in [-0.2, -0.15) is 4.98 Å². The van der Waals surface area contributed by atoms with Gasteiger partial charge in [-0.05, 0) is 31.4 Å². The van der Waals surface area contributed by atoms with Crippen LogP contribution >= 0.6 is 0 Å². The van der Waals surface area contributed by atoms with E-state index in [0.29, 0.717) is 31.4 Å². The number of pyridine rings is 1. The SMILES string of the molecule is CCCCOC(=O)N1CCC(c2nc(-c3ccncc3)no2)CC1. The van der Waals surface area contributed by atoms with Crippen LogP contribution in [-0.4, -0.2) is 45.8 Å². The van der Waals surface area contributed by atoms with Gasteiger partial charge in [0, 0.05) is 37.0 Å². The minimum atomic E-state index is -0.218. The lowest BCUT2D eigenvalue weighted by Crippen LogP contribution is -2.38. The number of amides is 1. The number of carbonyl (C=O) groups excluding carboxylic acids is 1. The molecule has 128 valence electrons. The second kappa shape index (κ2) is 7.90. The molecule has 0 radical (unpaired) electrons. The van der Waals surface area contributed by atoms with Gasteiger partial charge in [0.1, 0.15) is 0 Å². The zero-order chi connectivity index (χ0) is 16.8. The van der Waals surface area contributed by atoms with E-state index < -0.39 is 0 Å². The number of hydrogen-bond acceptors (Lipinski definition) is 6. The number of hydrogen-bond donors (Lipinski definition) is 0. The number of nitrogens with zero attached hydrogens (tertiary/aromatic N) is 4. The molecule has 2 aromatic heterocycles. The quantitative estimate of drug-likeness (QED) is 0.783. The van der Waals surface area contributed by atoms with Gasteiger partial charge in [0.15, 0.2) is 0 Å². The molecular formula is C17H22N4O3. The zero-order valence-electron chi connectivity index (χ0n) is 13.9. The van der Waals surface area contributed by atoms with Crippen molar-refractivity contribution in [1.82, 2.24) is 20.0 Å². The first-order valence-corrected chi connectivity index (χ1v) is 8.43. The number of likely N-dealkylation sites (tertiary alicyclic amines) is 1. The Morgan fingerprint density at radius 2 is 2.08 bits per heavy atom. The monoisotopic (exact) mass is 330 g/mol. The maximum absolute atomic E-state index is 12.0. The predicted molar refractivity (Wildman–Crippen MR) is 87.3 cm³/mol. The minimum Gasteiger partial charge on any atom is -0.449 e. The smallest absolute Gasteiger partial charge is 0.409 e. The summed E-state index contributed by atoms with van der Waals surface area (Å²) in [7, 11) is 0. The third-order valence-corrected chi connectivity index (χ3v) is 4.21. The molecule has 1 aliphatic rings. The van der Waals surface area contributed by atoms with Crippen LogP contribution in [0.5, 0.6) is 0 Å². The van der Waals surface area contributed by atoms with E-state index in [2.05, 4.69) is 22.0 Å². The Labute approximate surface area is 141 Å². The average molecular weight is 330 g/mol. The molecule has 0 aliphatic carbocycles. The van der Waals surface area contributed by atoms with Crippen LogP contribution in [0.15, 0.2) is 29.0 Å². The summed E-state index contributed by atoms with van der Waals surface area (Å²) in [6.07, 6.45) is 6.72. The van der Waals surface area contributed by atoms with Crippen LogP contribution in [0, 0.1) is 0 Å². The molecule has 0 aromatic carbocycles. The summed E-state index contributed by atoms with van der Waals surface area (Å²) in [6, 6.07) is 3.70. The maximum atomic E-state index is 12.0. The van der Waals surface area contributed by atoms with Crippen molar-refractivity contribution in [3.8, 4) is 11.4 Å². The van der Waals surface area contributed by atoms with Crippen molar-refractivity contribution in [3.05, 3.63) is 30.4 Å². The van der Waals surface area contributed by atoms with Crippen LogP contribution in [0.25, 0.3) is 11.4 Å². The lowest BCUT2D eigenvalue weighted by Gasteiger charge is -2.29. The molecule has 3 heterocycles. The van der Waals surface area contributed by atoms with Gasteiger partial charge in [0.2, 0.25) is 11.7 Å². The number of unbranched alkanes of at least 4 members (excludes halogenated alkanes) is 1. The number of piperidine rings is 1. The van der Waals surface area contributed by atoms with Crippen molar-refractivity contribution in [2.24, 2.45) is 0 Å². The Morgan fingerprint density at radius 1 is 1.33 bits per heavy atom. The van der Waals surface area contributed by atoms with E-state index in [4.69, 9.17) is 9.26 Å². The summed E-state index contributed by atoms with van der Waals surface area (Å²) in [5.41, 5.74) is 0.886. The second-order valence-electron chi connectivity index (χ2n) is 5.92. The molecule has 24 heavy (non-hydrogen) atoms. The average Bonchev–Trinajstić information content (AvgIpc) is 3.13. The highest BCUT2D eigenvalue weighted by Gasteiger charge is 2.28. The molecule has 0 unspecified atom stereocenters. The zero-order valence-corrected chi connectivity index (χ0v) is 13.9. The van der Waals surface area contributed by atoms with Crippen LogP contribution < -0.4 is 0 Å². The minimum absolute atomic E-state index is 0.188. The van der Waals surface area contributed by atoms with Gasteiger partial charge in [-0.1, -0.05) is 18.5 Å². The highest BCUT2D eigenvalue weighted by Crippen LogP contribution is 2.28. The molecule has 1 saturated heterocycles. The summed E-state index contributed by atoms with van der Waals surface area (Å²) < 4.78 is 10.7. The van der Waals surface area contributed by atoms with E-state index in [-0.39, 0.29) is 12.0 Å². The normalized spacial score (nSPS) is 15.5. The standard InChI is InChI=1S/C17H22N4O3/c1-2-3-12-23-17(22)21-10-6-14(7-11-21)16-19-15(20-24-16)13-4-8-18-9-5-13/h4-5,8-9,14H,2-3,6-7,10-12H2,1H3. The third kappa shape index (κ3) is 3.90. The molecule has 1 aliphatic heterocycles. The van der Waals surface area contributed by atoms with Gasteiger partial charge in [-0.25, -0.2) is 4.79 Å². The predicted octanol–water partition coefficient (Wildman–Crippen LogP) is 3.25. The molecule has 7 nitrogen and oxygen atoms in total. The molecule has 1 fully saturated rings. The second-order valence-corrected chi connectivity index (χ2v) is 5.92. The summed E-state index contributed by atoms with van der Waals surface area (Å²) in [4.78, 5) is 22.2. The highest BCUT2D eigenvalue weighted by molar-refractivity contribution is 5.67. The van der Waals surface area contributed by atoms with Gasteiger partial charge >= 0.3 is 6.09 Å². The van der Waals surface area contributed by atoms with Crippen molar-refractivity contribution >= 4 is 6.09 Å². The Morgan fingerprint density at radius 3 is 2.79 bits per heavy atom. The van der Waals surface area contributed by atoms with E-state index in [1.54, 1.807) is 17.3 Å². The lowest BCUT2D eigenvalue weighted by atomic mass is 9.97. The molecule has 7 heteroatoms. The number of rotatable bonds is 5. The summed E-state index contributed by atoms with van der Waals surface area (Å²) in [5, 5.41) is 4.05. The van der Waals surface area contributed by atoms with Gasteiger partial charge in [0.05, 0.1) is 6.61 Å².